The molecule has 0 bridgehead atoms. The molecule has 0 saturated heterocycles. The molecule has 0 N–H and O–H groups in total. The summed E-state index contributed by atoms with van der Waals surface area (Å²) in [6.07, 6.45) is 6.22. The maximum absolute atomic E-state index is 11.9. The Morgan fingerprint density at radius 2 is 2.00 bits per heavy atom. The van der Waals surface area contributed by atoms with Crippen LogP contribution in [0, 0.1) is 11.3 Å². The number of nitrogens with zero attached hydrogens (tertiary/aromatic N) is 3. The lowest BCUT2D eigenvalue weighted by molar-refractivity contribution is -0.130. The first-order valence-corrected chi connectivity index (χ1v) is 7.04. The second kappa shape index (κ2) is 8.10. The first-order chi connectivity index (χ1) is 8.69. The van der Waals surface area contributed by atoms with Crippen molar-refractivity contribution >= 4 is 5.91 Å². The molecule has 0 aromatic rings. The maximum Gasteiger partial charge on any atom is 0.223 e. The summed E-state index contributed by atoms with van der Waals surface area (Å²) < 4.78 is 0. The summed E-state index contributed by atoms with van der Waals surface area (Å²) in [5, 5.41) is 8.50. The topological polar surface area (TPSA) is 47.3 Å². The molecule has 1 amide bonds. The van der Waals surface area contributed by atoms with E-state index in [4.69, 9.17) is 5.26 Å². The van der Waals surface area contributed by atoms with E-state index in [2.05, 4.69) is 17.9 Å². The minimum absolute atomic E-state index is 0.154. The number of rotatable bonds is 7. The van der Waals surface area contributed by atoms with Crippen molar-refractivity contribution in [1.82, 2.24) is 9.80 Å². The lowest BCUT2D eigenvalue weighted by Crippen LogP contribution is -2.37. The van der Waals surface area contributed by atoms with Crippen molar-refractivity contribution in [1.29, 1.82) is 5.26 Å². The molecule has 0 heterocycles. The van der Waals surface area contributed by atoms with Crippen molar-refractivity contribution in [3.05, 3.63) is 0 Å². The summed E-state index contributed by atoms with van der Waals surface area (Å²) in [6, 6.07) is 2.76. The third-order valence-corrected chi connectivity index (χ3v) is 3.84. The van der Waals surface area contributed by atoms with Crippen LogP contribution in [0.2, 0.25) is 0 Å². The molecule has 1 aliphatic rings. The van der Waals surface area contributed by atoms with Gasteiger partial charge in [0.15, 0.2) is 0 Å². The largest absolute Gasteiger partial charge is 0.345 e. The van der Waals surface area contributed by atoms with E-state index < -0.39 is 0 Å². The summed E-state index contributed by atoms with van der Waals surface area (Å²) in [5.41, 5.74) is 0. The van der Waals surface area contributed by atoms with Gasteiger partial charge in [-0.25, -0.2) is 0 Å². The molecule has 1 rings (SSSR count). The van der Waals surface area contributed by atoms with Crippen LogP contribution in [0.5, 0.6) is 0 Å². The first-order valence-electron chi connectivity index (χ1n) is 7.04. The van der Waals surface area contributed by atoms with E-state index in [0.29, 0.717) is 25.4 Å². The van der Waals surface area contributed by atoms with Crippen molar-refractivity contribution < 1.29 is 4.79 Å². The van der Waals surface area contributed by atoms with Crippen LogP contribution in [0.25, 0.3) is 0 Å². The minimum Gasteiger partial charge on any atom is -0.345 e. The van der Waals surface area contributed by atoms with Gasteiger partial charge in [0.2, 0.25) is 5.91 Å². The van der Waals surface area contributed by atoms with Crippen LogP contribution in [0.3, 0.4) is 0 Å². The Morgan fingerprint density at radius 1 is 1.33 bits per heavy atom. The Labute approximate surface area is 111 Å². The quantitative estimate of drug-likeness (QED) is 0.695. The smallest absolute Gasteiger partial charge is 0.223 e. The Hall–Kier alpha value is -1.08. The summed E-state index contributed by atoms with van der Waals surface area (Å²) in [6.45, 7) is 4.60. The predicted molar refractivity (Wildman–Crippen MR) is 72.0 cm³/mol. The predicted octanol–water partition coefficient (Wildman–Crippen LogP) is 2.01. The van der Waals surface area contributed by atoms with Crippen molar-refractivity contribution in [2.75, 3.05) is 26.7 Å². The number of hydrogen-bond acceptors (Lipinski definition) is 3. The van der Waals surface area contributed by atoms with Crippen LogP contribution < -0.4 is 0 Å². The van der Waals surface area contributed by atoms with E-state index in [-0.39, 0.29) is 5.91 Å². The highest BCUT2D eigenvalue weighted by atomic mass is 16.2. The van der Waals surface area contributed by atoms with Gasteiger partial charge in [0, 0.05) is 32.6 Å². The molecular formula is C14H25N3O. The van der Waals surface area contributed by atoms with E-state index in [9.17, 15) is 4.79 Å². The Bertz CT molecular complexity index is 292. The van der Waals surface area contributed by atoms with Gasteiger partial charge in [-0.05, 0) is 19.4 Å². The molecular weight excluding hydrogens is 226 g/mol. The molecule has 0 aromatic heterocycles. The second-order valence-electron chi connectivity index (χ2n) is 5.04. The molecule has 0 radical (unpaired) electrons. The zero-order valence-electron chi connectivity index (χ0n) is 11.7. The van der Waals surface area contributed by atoms with Crippen molar-refractivity contribution in [2.24, 2.45) is 0 Å². The maximum atomic E-state index is 11.9. The fourth-order valence-corrected chi connectivity index (χ4v) is 2.64. The van der Waals surface area contributed by atoms with Crippen LogP contribution in [-0.4, -0.2) is 48.4 Å². The van der Waals surface area contributed by atoms with Gasteiger partial charge >= 0.3 is 0 Å². The van der Waals surface area contributed by atoms with Crippen molar-refractivity contribution in [3.8, 4) is 6.07 Å². The van der Waals surface area contributed by atoms with Crippen molar-refractivity contribution in [3.63, 3.8) is 0 Å². The van der Waals surface area contributed by atoms with Gasteiger partial charge in [-0.3, -0.25) is 4.79 Å². The lowest BCUT2D eigenvalue weighted by Gasteiger charge is -2.27. The normalized spacial score (nSPS) is 15.9. The third-order valence-electron chi connectivity index (χ3n) is 3.84. The summed E-state index contributed by atoms with van der Waals surface area (Å²) >= 11 is 0. The Kier molecular flexibility index (Phi) is 6.74. The van der Waals surface area contributed by atoms with Gasteiger partial charge in [0.05, 0.1) is 12.5 Å². The molecule has 0 aromatic carbocycles. The molecule has 0 aliphatic heterocycles. The standard InChI is InChI=1S/C14H25N3O/c1-3-17(13-7-4-5-8-13)12-9-14(18)16(2)11-6-10-15/h13H,3-9,11-12H2,1-2H3. The Balaban J connectivity index is 2.29. The SMILES string of the molecule is CCN(CCC(=O)N(C)CCC#N)C1CCCC1. The zero-order chi connectivity index (χ0) is 13.4. The Morgan fingerprint density at radius 3 is 2.56 bits per heavy atom. The van der Waals surface area contributed by atoms with E-state index >= 15 is 0 Å². The second-order valence-corrected chi connectivity index (χ2v) is 5.04. The monoisotopic (exact) mass is 251 g/mol. The van der Waals surface area contributed by atoms with Gasteiger partial charge in [-0.15, -0.1) is 0 Å². The molecule has 0 atom stereocenters. The van der Waals surface area contributed by atoms with E-state index in [1.807, 2.05) is 0 Å². The highest BCUT2D eigenvalue weighted by molar-refractivity contribution is 5.76. The molecule has 102 valence electrons. The molecule has 0 spiro atoms. The van der Waals surface area contributed by atoms with Crippen LogP contribution >= 0.6 is 0 Å². The lowest BCUT2D eigenvalue weighted by atomic mass is 10.2. The zero-order valence-corrected chi connectivity index (χ0v) is 11.7. The van der Waals surface area contributed by atoms with Crippen LogP contribution in [0.1, 0.15) is 45.4 Å². The fourth-order valence-electron chi connectivity index (χ4n) is 2.64. The van der Waals surface area contributed by atoms with E-state index in [1.54, 1.807) is 11.9 Å². The number of nitriles is 1. The third kappa shape index (κ3) is 4.66. The minimum atomic E-state index is 0.154. The van der Waals surface area contributed by atoms with Crippen molar-refractivity contribution in [2.45, 2.75) is 51.5 Å². The van der Waals surface area contributed by atoms with Crippen LogP contribution in [0.4, 0.5) is 0 Å². The van der Waals surface area contributed by atoms with Gasteiger partial charge in [0.25, 0.3) is 0 Å². The number of amides is 1. The van der Waals surface area contributed by atoms with Gasteiger partial charge in [-0.1, -0.05) is 19.8 Å². The van der Waals surface area contributed by atoms with Gasteiger partial charge in [0.1, 0.15) is 0 Å². The molecule has 1 fully saturated rings. The molecule has 1 saturated carbocycles. The van der Waals surface area contributed by atoms with Gasteiger partial charge in [-0.2, -0.15) is 5.26 Å². The number of hydrogen-bond donors (Lipinski definition) is 0. The van der Waals surface area contributed by atoms with Crippen LogP contribution in [-0.2, 0) is 4.79 Å². The van der Waals surface area contributed by atoms with E-state index in [0.717, 1.165) is 13.1 Å². The average molecular weight is 251 g/mol. The summed E-state index contributed by atoms with van der Waals surface area (Å²) in [4.78, 5) is 16.0. The highest BCUT2D eigenvalue weighted by Crippen LogP contribution is 2.23. The molecule has 1 aliphatic carbocycles. The van der Waals surface area contributed by atoms with Crippen LogP contribution in [0.15, 0.2) is 0 Å². The molecule has 18 heavy (non-hydrogen) atoms. The first kappa shape index (κ1) is 15.0. The van der Waals surface area contributed by atoms with Gasteiger partial charge < -0.3 is 9.80 Å². The number of carbonyl (C=O) groups excluding carboxylic acids is 1. The molecule has 0 unspecified atom stereocenters. The number of carbonyl (C=O) groups is 1. The average Bonchev–Trinajstić information content (AvgIpc) is 2.90. The summed E-state index contributed by atoms with van der Waals surface area (Å²) in [7, 11) is 1.78. The summed E-state index contributed by atoms with van der Waals surface area (Å²) in [5.74, 6) is 0.154. The molecule has 4 heteroatoms. The fraction of sp³-hybridized carbons (Fsp3) is 0.857. The highest BCUT2D eigenvalue weighted by Gasteiger charge is 2.22. The molecule has 4 nitrogen and oxygen atoms in total. The van der Waals surface area contributed by atoms with E-state index in [1.165, 1.54) is 25.7 Å².